The second-order valence-corrected chi connectivity index (χ2v) is 14.4. The molecule has 0 atom stereocenters. The SMILES string of the molecule is C=C(/C=C(/OC)C(=C)CN1C(=O)C=C(/C=C\C=C\OCCCN2CCOCC2)C1=O)OC.CN1Cc2cccc(OCCCN3CCOCC3)c2C1.CO.COc1ccccc1. The quantitative estimate of drug-likeness (QED) is 0.0842. The molecular formula is C48H68N4O10. The van der Waals surface area contributed by atoms with Crippen molar-refractivity contribution in [2.45, 2.75) is 25.9 Å². The molecule has 0 bridgehead atoms. The molecule has 0 aliphatic carbocycles. The summed E-state index contributed by atoms with van der Waals surface area (Å²) in [6, 6.07) is 16.1. The maximum atomic E-state index is 12.6. The van der Waals surface area contributed by atoms with Crippen molar-refractivity contribution < 1.29 is 47.9 Å². The van der Waals surface area contributed by atoms with Crippen LogP contribution < -0.4 is 9.47 Å². The molecule has 2 aromatic rings. The number of rotatable bonds is 19. The molecule has 1 N–H and O–H groups in total. The van der Waals surface area contributed by atoms with E-state index in [-0.39, 0.29) is 6.54 Å². The molecule has 4 heterocycles. The second kappa shape index (κ2) is 29.9. The summed E-state index contributed by atoms with van der Waals surface area (Å²) in [4.78, 5) is 33.1. The van der Waals surface area contributed by atoms with E-state index in [2.05, 4.69) is 53.1 Å². The van der Waals surface area contributed by atoms with Gasteiger partial charge < -0.3 is 38.3 Å². The fraction of sp³-hybridized carbons (Fsp3) is 0.458. The van der Waals surface area contributed by atoms with Crippen molar-refractivity contribution in [1.82, 2.24) is 19.6 Å². The minimum absolute atomic E-state index is 0.00423. The molecule has 14 heteroatoms. The molecule has 2 fully saturated rings. The van der Waals surface area contributed by atoms with Crippen LogP contribution in [0.1, 0.15) is 24.0 Å². The van der Waals surface area contributed by atoms with E-state index in [1.165, 1.54) is 31.4 Å². The van der Waals surface area contributed by atoms with Crippen LogP contribution in [-0.4, -0.2) is 157 Å². The lowest BCUT2D eigenvalue weighted by atomic mass is 10.1. The molecule has 0 spiro atoms. The zero-order valence-electron chi connectivity index (χ0n) is 37.4. The van der Waals surface area contributed by atoms with Crippen LogP contribution in [0, 0.1) is 0 Å². The third-order valence-corrected chi connectivity index (χ3v) is 9.97. The molecule has 4 aliphatic heterocycles. The van der Waals surface area contributed by atoms with Gasteiger partial charge in [-0.1, -0.05) is 49.6 Å². The van der Waals surface area contributed by atoms with Gasteiger partial charge in [-0.2, -0.15) is 0 Å². The summed E-state index contributed by atoms with van der Waals surface area (Å²) in [7, 11) is 7.77. The number of amides is 2. The van der Waals surface area contributed by atoms with Gasteiger partial charge >= 0.3 is 0 Å². The normalized spacial score (nSPS) is 16.9. The van der Waals surface area contributed by atoms with Gasteiger partial charge in [0, 0.05) is 88.3 Å². The van der Waals surface area contributed by atoms with Gasteiger partial charge in [0.25, 0.3) is 11.8 Å². The number of morpholine rings is 2. The summed E-state index contributed by atoms with van der Waals surface area (Å²) in [5, 5.41) is 7.00. The van der Waals surface area contributed by atoms with Crippen molar-refractivity contribution >= 4 is 11.8 Å². The molecular weight excluding hydrogens is 793 g/mol. The maximum Gasteiger partial charge on any atom is 0.261 e. The van der Waals surface area contributed by atoms with Gasteiger partial charge in [-0.25, -0.2) is 0 Å². The van der Waals surface area contributed by atoms with Gasteiger partial charge in [0.15, 0.2) is 0 Å². The van der Waals surface area contributed by atoms with Gasteiger partial charge in [-0.15, -0.1) is 0 Å². The van der Waals surface area contributed by atoms with Crippen LogP contribution >= 0.6 is 0 Å². The predicted octanol–water partition coefficient (Wildman–Crippen LogP) is 5.37. The Morgan fingerprint density at radius 3 is 2.05 bits per heavy atom. The van der Waals surface area contributed by atoms with Crippen molar-refractivity contribution in [3.05, 3.63) is 132 Å². The number of aliphatic hydroxyl groups excluding tert-OH is 1. The smallest absolute Gasteiger partial charge is 0.261 e. The lowest BCUT2D eigenvalue weighted by molar-refractivity contribution is -0.136. The van der Waals surface area contributed by atoms with Crippen LogP contribution in [0.3, 0.4) is 0 Å². The Kier molecular flexibility index (Phi) is 24.7. The third kappa shape index (κ3) is 18.4. The van der Waals surface area contributed by atoms with E-state index in [0.717, 1.165) is 122 Å². The van der Waals surface area contributed by atoms with E-state index in [1.807, 2.05) is 30.3 Å². The number of benzene rings is 2. The molecule has 340 valence electrons. The number of allylic oxidation sites excluding steroid dienone is 3. The Balaban J connectivity index is 0.000000286. The highest BCUT2D eigenvalue weighted by molar-refractivity contribution is 6.17. The van der Waals surface area contributed by atoms with E-state index in [1.54, 1.807) is 37.7 Å². The molecule has 0 radical (unpaired) electrons. The highest BCUT2D eigenvalue weighted by atomic mass is 16.5. The average Bonchev–Trinajstić information content (AvgIpc) is 3.83. The fourth-order valence-electron chi connectivity index (χ4n) is 6.64. The molecule has 4 aliphatic rings. The zero-order chi connectivity index (χ0) is 45.0. The number of methoxy groups -OCH3 is 3. The molecule has 2 aromatic carbocycles. The van der Waals surface area contributed by atoms with E-state index in [0.29, 0.717) is 29.3 Å². The Morgan fingerprint density at radius 2 is 1.45 bits per heavy atom. The molecule has 14 nitrogen and oxygen atoms in total. The number of para-hydroxylation sites is 1. The standard InChI is InChI=1S/C24H32N2O6.C16H24N2O2.C7H8O.CH4O/c1-19(22(30-4)16-20(2)29-3)18-26-23(27)17-21(24(26)28)8-5-6-12-31-13-7-9-25-10-14-32-15-11-25;1-17-12-14-4-2-5-16(15(14)13-17)20-9-3-6-18-7-10-19-11-8-18;1-8-7-5-3-2-4-6-7;1-2/h5-6,8,12,16-17H,1-2,7,9-11,13-15,18H2,3-4H3;2,4-5H,3,6-13H2,1H3;2-6H,1H3;2H,1H3/b8-5-,12-6+,22-16+;;;. The summed E-state index contributed by atoms with van der Waals surface area (Å²) >= 11 is 0. The minimum atomic E-state index is -0.403. The van der Waals surface area contributed by atoms with Crippen molar-refractivity contribution in [2.24, 2.45) is 0 Å². The number of hydrogen-bond donors (Lipinski definition) is 1. The van der Waals surface area contributed by atoms with Crippen LogP contribution in [0.5, 0.6) is 11.5 Å². The Bertz CT molecular complexity index is 1780. The monoisotopic (exact) mass is 860 g/mol. The third-order valence-electron chi connectivity index (χ3n) is 9.97. The molecule has 0 saturated carbocycles. The summed E-state index contributed by atoms with van der Waals surface area (Å²) < 4.78 is 37.3. The number of aliphatic hydroxyl groups is 1. The van der Waals surface area contributed by atoms with Crippen molar-refractivity contribution in [1.29, 1.82) is 0 Å². The molecule has 2 saturated heterocycles. The van der Waals surface area contributed by atoms with Crippen LogP contribution in [-0.2, 0) is 46.4 Å². The van der Waals surface area contributed by atoms with Gasteiger partial charge in [0.05, 0.1) is 73.8 Å². The first kappa shape index (κ1) is 51.1. The minimum Gasteiger partial charge on any atom is -0.501 e. The molecule has 2 amide bonds. The van der Waals surface area contributed by atoms with Crippen molar-refractivity contribution in [3.8, 4) is 11.5 Å². The topological polar surface area (TPSA) is 132 Å². The molecule has 0 unspecified atom stereocenters. The average molecular weight is 861 g/mol. The Hall–Kier alpha value is -5.22. The Morgan fingerprint density at radius 1 is 0.806 bits per heavy atom. The van der Waals surface area contributed by atoms with Crippen LogP contribution in [0.2, 0.25) is 0 Å². The van der Waals surface area contributed by atoms with E-state index >= 15 is 0 Å². The number of imide groups is 1. The lowest BCUT2D eigenvalue weighted by Crippen LogP contribution is -2.37. The largest absolute Gasteiger partial charge is 0.501 e. The maximum absolute atomic E-state index is 12.6. The van der Waals surface area contributed by atoms with Gasteiger partial charge in [-0.05, 0) is 55.8 Å². The first-order valence-electron chi connectivity index (χ1n) is 21.0. The van der Waals surface area contributed by atoms with E-state index in [9.17, 15) is 9.59 Å². The van der Waals surface area contributed by atoms with Crippen molar-refractivity contribution in [3.63, 3.8) is 0 Å². The number of carbonyl (C=O) groups is 2. The highest BCUT2D eigenvalue weighted by Crippen LogP contribution is 2.30. The van der Waals surface area contributed by atoms with Crippen molar-refractivity contribution in [2.75, 3.05) is 121 Å². The van der Waals surface area contributed by atoms with Gasteiger partial charge in [0.2, 0.25) is 0 Å². The Labute approximate surface area is 368 Å². The molecule has 62 heavy (non-hydrogen) atoms. The number of fused-ring (bicyclic) bond motifs is 1. The van der Waals surface area contributed by atoms with Gasteiger partial charge in [0.1, 0.15) is 23.0 Å². The van der Waals surface area contributed by atoms with Crippen LogP contribution in [0.4, 0.5) is 0 Å². The van der Waals surface area contributed by atoms with E-state index in [4.69, 9.17) is 38.3 Å². The molecule has 6 rings (SSSR count). The first-order chi connectivity index (χ1) is 30.2. The zero-order valence-corrected chi connectivity index (χ0v) is 37.4. The fourth-order valence-corrected chi connectivity index (χ4v) is 6.64. The second-order valence-electron chi connectivity index (χ2n) is 14.4. The predicted molar refractivity (Wildman–Crippen MR) is 241 cm³/mol. The lowest BCUT2D eigenvalue weighted by Gasteiger charge is -2.26. The first-order valence-corrected chi connectivity index (χ1v) is 21.0. The van der Waals surface area contributed by atoms with Crippen LogP contribution in [0.15, 0.2) is 121 Å². The van der Waals surface area contributed by atoms with Crippen LogP contribution in [0.25, 0.3) is 0 Å². The van der Waals surface area contributed by atoms with E-state index < -0.39 is 11.8 Å². The number of carbonyl (C=O) groups excluding carboxylic acids is 2. The summed E-state index contributed by atoms with van der Waals surface area (Å²) in [6.45, 7) is 20.6. The molecule has 0 aromatic heterocycles. The summed E-state index contributed by atoms with van der Waals surface area (Å²) in [5.41, 5.74) is 3.54. The number of nitrogens with zero attached hydrogens (tertiary/aromatic N) is 4. The van der Waals surface area contributed by atoms with Gasteiger partial charge in [-0.3, -0.25) is 29.2 Å². The number of ether oxygens (including phenoxy) is 7. The summed E-state index contributed by atoms with van der Waals surface area (Å²) in [6.07, 6.45) is 11.4. The summed E-state index contributed by atoms with van der Waals surface area (Å²) in [5.74, 6) is 1.95. The highest BCUT2D eigenvalue weighted by Gasteiger charge is 2.30. The number of hydrogen-bond acceptors (Lipinski definition) is 13.